The molecule has 0 spiro atoms. The Morgan fingerprint density at radius 3 is 2.67 bits per heavy atom. The molecule has 4 heterocycles. The number of anilines is 1. The number of hydrogen-bond donors (Lipinski definition) is 4. The second-order valence-electron chi connectivity index (χ2n) is 9.75. The molecule has 17 heteroatoms. The molecule has 2 amide bonds. The number of carboxylic acid groups (broad SMARTS) is 1. The monoisotopic (exact) mass is 595 g/mol. The number of nitrogen functional groups attached to an aromatic ring is 1. The van der Waals surface area contributed by atoms with E-state index in [1.807, 2.05) is 0 Å². The van der Waals surface area contributed by atoms with Crippen LogP contribution in [0.15, 0.2) is 22.0 Å². The number of carbonyl (C=O) groups excluding carboxylic acids is 3. The van der Waals surface area contributed by atoms with Gasteiger partial charge >= 0.3 is 11.9 Å². The molecule has 0 saturated carbocycles. The van der Waals surface area contributed by atoms with Gasteiger partial charge in [-0.25, -0.2) is 4.98 Å². The van der Waals surface area contributed by atoms with Gasteiger partial charge in [-0.1, -0.05) is 15.7 Å². The first kappa shape index (κ1) is 28.4. The fourth-order valence-corrected chi connectivity index (χ4v) is 6.85. The van der Waals surface area contributed by atoms with E-state index in [1.54, 1.807) is 26.2 Å². The number of nitrogens with zero attached hydrogens (tertiary/aromatic N) is 5. The van der Waals surface area contributed by atoms with E-state index in [2.05, 4.69) is 25.0 Å². The van der Waals surface area contributed by atoms with Gasteiger partial charge in [-0.3, -0.25) is 19.2 Å². The topological polar surface area (TPSA) is 210 Å². The molecule has 2 aliphatic heterocycles. The lowest BCUT2D eigenvalue weighted by atomic mass is 9.79. The molecule has 0 radical (unpaired) electrons. The molecular formula is C22H25N7O7S3. The number of carbonyl (C=O) groups is 4. The Kier molecular flexibility index (Phi) is 7.94. The van der Waals surface area contributed by atoms with E-state index in [0.717, 1.165) is 34.6 Å². The number of aliphatic carboxylic acids is 1. The molecule has 0 aliphatic carbocycles. The van der Waals surface area contributed by atoms with Crippen LogP contribution >= 0.6 is 34.6 Å². The molecule has 3 unspecified atom stereocenters. The maximum atomic E-state index is 13.1. The highest BCUT2D eigenvalue weighted by Crippen LogP contribution is 2.49. The molecule has 208 valence electrons. The molecule has 39 heavy (non-hydrogen) atoms. The fraction of sp³-hybridized carbons (Fsp3) is 0.455. The van der Waals surface area contributed by atoms with Gasteiger partial charge < -0.3 is 31.0 Å². The zero-order valence-corrected chi connectivity index (χ0v) is 23.4. The van der Waals surface area contributed by atoms with Gasteiger partial charge in [-0.2, -0.15) is 0 Å². The molecule has 5 N–H and O–H groups in total. The minimum Gasteiger partial charge on any atom is -0.481 e. The van der Waals surface area contributed by atoms with Gasteiger partial charge in [0.15, 0.2) is 10.8 Å². The lowest BCUT2D eigenvalue weighted by molar-refractivity contribution is -0.159. The van der Waals surface area contributed by atoms with Crippen molar-refractivity contribution in [3.63, 3.8) is 0 Å². The third kappa shape index (κ3) is 5.89. The Balaban J connectivity index is 1.60. The number of carboxylic acids is 1. The number of nitrogens with one attached hydrogen (secondary N) is 1. The third-order valence-corrected chi connectivity index (χ3v) is 8.83. The molecule has 2 aromatic rings. The summed E-state index contributed by atoms with van der Waals surface area (Å²) in [5.41, 5.74) is 3.17. The van der Waals surface area contributed by atoms with Crippen molar-refractivity contribution >= 4 is 75.3 Å². The molecule has 2 aliphatic rings. The molecule has 14 nitrogen and oxygen atoms in total. The number of rotatable bonds is 8. The predicted molar refractivity (Wildman–Crippen MR) is 143 cm³/mol. The summed E-state index contributed by atoms with van der Waals surface area (Å²) < 4.78 is 9.22. The average molecular weight is 596 g/mol. The van der Waals surface area contributed by atoms with Crippen LogP contribution in [0.3, 0.4) is 0 Å². The van der Waals surface area contributed by atoms with Crippen LogP contribution in [-0.4, -0.2) is 88.1 Å². The van der Waals surface area contributed by atoms with Gasteiger partial charge in [0.05, 0.1) is 12.1 Å². The Hall–Kier alpha value is -3.57. The van der Waals surface area contributed by atoms with E-state index < -0.39 is 57.1 Å². The number of thiazole rings is 1. The van der Waals surface area contributed by atoms with Crippen molar-refractivity contribution in [2.45, 2.75) is 49.5 Å². The summed E-state index contributed by atoms with van der Waals surface area (Å²) in [7, 11) is 0. The maximum absolute atomic E-state index is 13.1. The lowest BCUT2D eigenvalue weighted by Gasteiger charge is -2.56. The normalized spacial score (nSPS) is 25.2. The van der Waals surface area contributed by atoms with Crippen molar-refractivity contribution in [1.82, 2.24) is 24.8 Å². The van der Waals surface area contributed by atoms with Crippen molar-refractivity contribution in [3.8, 4) is 0 Å². The van der Waals surface area contributed by atoms with Crippen LogP contribution in [0.5, 0.6) is 0 Å². The minimum atomic E-state index is -1.66. The first-order chi connectivity index (χ1) is 18.3. The van der Waals surface area contributed by atoms with Crippen LogP contribution in [0.2, 0.25) is 0 Å². The van der Waals surface area contributed by atoms with Gasteiger partial charge in [0.2, 0.25) is 5.91 Å². The standard InChI is InChI=1S/C22H25N7O7S3/c1-21(2,3)36-13(30)6-12-22(19(33)34,5-4-10-7-38-28-26-10)9-29-17(32)15(18(29)39-12)25-16(31)14(27-35)11-8-37-20(23)24-11/h4-5,7-8,12,15,18,35H,6,9H2,1-3H3,(H2,23,24)(H,25,31)(H,33,34)/t12?,15?,18-,22?/m1/s1. The first-order valence-electron chi connectivity index (χ1n) is 11.5. The Morgan fingerprint density at radius 2 is 2.10 bits per heavy atom. The molecule has 0 bridgehead atoms. The third-order valence-electron chi connectivity index (χ3n) is 5.92. The molecule has 4 atom stereocenters. The molecular weight excluding hydrogens is 570 g/mol. The summed E-state index contributed by atoms with van der Waals surface area (Å²) in [6.07, 6.45) is 2.65. The summed E-state index contributed by atoms with van der Waals surface area (Å²) >= 11 is 3.20. The van der Waals surface area contributed by atoms with E-state index >= 15 is 0 Å². The maximum Gasteiger partial charge on any atom is 0.316 e. The smallest absolute Gasteiger partial charge is 0.316 e. The summed E-state index contributed by atoms with van der Waals surface area (Å²) in [5, 5.41) is 30.8. The van der Waals surface area contributed by atoms with Crippen LogP contribution in [0.25, 0.3) is 6.08 Å². The number of β-lactam (4-membered cyclic amide) rings is 1. The zero-order valence-electron chi connectivity index (χ0n) is 20.9. The number of nitrogens with two attached hydrogens (primary N) is 1. The van der Waals surface area contributed by atoms with Crippen molar-refractivity contribution in [3.05, 3.63) is 28.2 Å². The minimum absolute atomic E-state index is 0.0341. The molecule has 2 saturated heterocycles. The summed E-state index contributed by atoms with van der Waals surface area (Å²) in [4.78, 5) is 56.7. The lowest BCUT2D eigenvalue weighted by Crippen LogP contribution is -2.75. The molecule has 0 aromatic carbocycles. The van der Waals surface area contributed by atoms with Gasteiger partial charge in [0.25, 0.3) is 5.91 Å². The highest BCUT2D eigenvalue weighted by Gasteiger charge is 2.61. The Labute approximate surface area is 234 Å². The number of esters is 1. The summed E-state index contributed by atoms with van der Waals surface area (Å²) in [6, 6.07) is -1.06. The number of oxime groups is 1. The Bertz CT molecular complexity index is 1340. The van der Waals surface area contributed by atoms with Gasteiger partial charge in [0, 0.05) is 22.6 Å². The highest BCUT2D eigenvalue weighted by atomic mass is 32.2. The van der Waals surface area contributed by atoms with Crippen molar-refractivity contribution in [2.24, 2.45) is 10.6 Å². The van der Waals surface area contributed by atoms with Gasteiger partial charge in [-0.15, -0.1) is 28.2 Å². The number of hydrogen-bond acceptors (Lipinski definition) is 14. The number of ether oxygens (including phenoxy) is 1. The molecule has 4 rings (SSSR count). The first-order valence-corrected chi connectivity index (χ1v) is 14.1. The van der Waals surface area contributed by atoms with E-state index in [4.69, 9.17) is 10.5 Å². The number of amides is 2. The molecule has 2 aromatic heterocycles. The van der Waals surface area contributed by atoms with E-state index in [0.29, 0.717) is 5.69 Å². The second kappa shape index (κ2) is 10.9. The van der Waals surface area contributed by atoms with Crippen LogP contribution in [0.1, 0.15) is 38.6 Å². The summed E-state index contributed by atoms with van der Waals surface area (Å²) in [6.45, 7) is 4.85. The van der Waals surface area contributed by atoms with Crippen LogP contribution < -0.4 is 11.1 Å². The summed E-state index contributed by atoms with van der Waals surface area (Å²) in [5.74, 6) is -3.24. The van der Waals surface area contributed by atoms with E-state index in [1.165, 1.54) is 22.4 Å². The van der Waals surface area contributed by atoms with Crippen LogP contribution in [-0.2, 0) is 23.9 Å². The van der Waals surface area contributed by atoms with Crippen LogP contribution in [0, 0.1) is 5.41 Å². The SMILES string of the molecule is CC(C)(C)OC(=O)CC1S[C@@H]2C(NC(=O)C(=NO)c3csc(N)n3)C(=O)N2CC1(C=Cc1csnn1)C(=O)O. The fourth-order valence-electron chi connectivity index (χ4n) is 4.15. The zero-order chi connectivity index (χ0) is 28.5. The van der Waals surface area contributed by atoms with E-state index in [9.17, 15) is 29.5 Å². The van der Waals surface area contributed by atoms with Gasteiger partial charge in [0.1, 0.15) is 28.1 Å². The van der Waals surface area contributed by atoms with Crippen molar-refractivity contribution in [1.29, 1.82) is 0 Å². The Morgan fingerprint density at radius 1 is 1.36 bits per heavy atom. The van der Waals surface area contributed by atoms with Crippen molar-refractivity contribution in [2.75, 3.05) is 12.3 Å². The largest absolute Gasteiger partial charge is 0.481 e. The van der Waals surface area contributed by atoms with Crippen LogP contribution in [0.4, 0.5) is 5.13 Å². The van der Waals surface area contributed by atoms with E-state index in [-0.39, 0.29) is 23.8 Å². The predicted octanol–water partition coefficient (Wildman–Crippen LogP) is 1.04. The second-order valence-corrected chi connectivity index (χ2v) is 12.6. The number of thioether (sulfide) groups is 1. The number of aromatic nitrogens is 3. The average Bonchev–Trinajstić information content (AvgIpc) is 3.52. The number of fused-ring (bicyclic) bond motifs is 1. The highest BCUT2D eigenvalue weighted by molar-refractivity contribution is 8.00. The molecule has 2 fully saturated rings. The van der Waals surface area contributed by atoms with Crippen molar-refractivity contribution < 1.29 is 34.2 Å². The van der Waals surface area contributed by atoms with Gasteiger partial charge in [-0.05, 0) is 38.4 Å². The quantitative estimate of drug-likeness (QED) is 0.111.